The van der Waals surface area contributed by atoms with Gasteiger partial charge in [0, 0.05) is 25.3 Å². The number of rotatable bonds is 0. The molecule has 2 N–H and O–H groups in total. The lowest BCUT2D eigenvalue weighted by atomic mass is 10.4. The fraction of sp³-hybridized carbons (Fsp3) is 0.600. The van der Waals surface area contributed by atoms with Crippen molar-refractivity contribution in [1.29, 1.82) is 0 Å². The van der Waals surface area contributed by atoms with Gasteiger partial charge < -0.3 is 10.6 Å². The summed E-state index contributed by atoms with van der Waals surface area (Å²) in [5.74, 6) is 0. The molecular weight excluding hydrogens is 88.1 g/mol. The molecule has 0 aromatic rings. The normalized spacial score (nSPS) is 21.4. The summed E-state index contributed by atoms with van der Waals surface area (Å²) in [5.41, 5.74) is 1.10. The summed E-state index contributed by atoms with van der Waals surface area (Å²) in [5, 5.41) is 6.30. The van der Waals surface area contributed by atoms with E-state index in [1.165, 1.54) is 0 Å². The molecule has 1 rings (SSSR count). The van der Waals surface area contributed by atoms with Crippen LogP contribution in [0.25, 0.3) is 0 Å². The third kappa shape index (κ3) is 1.20. The predicted octanol–water partition coefficient (Wildman–Crippen LogP) is -0.307. The molecule has 0 atom stereocenters. The van der Waals surface area contributed by atoms with Gasteiger partial charge >= 0.3 is 0 Å². The monoisotopic (exact) mass is 98.1 g/mol. The highest BCUT2D eigenvalue weighted by Crippen LogP contribution is 1.82. The minimum absolute atomic E-state index is 0.931. The molecule has 2 nitrogen and oxygen atoms in total. The van der Waals surface area contributed by atoms with Crippen molar-refractivity contribution in [3.63, 3.8) is 0 Å². The third-order valence-corrected chi connectivity index (χ3v) is 1.02. The molecule has 0 aromatic heterocycles. The maximum Gasteiger partial charge on any atom is 0.0348 e. The highest BCUT2D eigenvalue weighted by molar-refractivity contribution is 4.96. The molecule has 0 saturated carbocycles. The Hall–Kier alpha value is -0.500. The fourth-order valence-corrected chi connectivity index (χ4v) is 0.629. The summed E-state index contributed by atoms with van der Waals surface area (Å²) < 4.78 is 0. The molecule has 1 saturated heterocycles. The SMILES string of the molecule is C=C1CNCCN1. The van der Waals surface area contributed by atoms with Gasteiger partial charge in [-0.2, -0.15) is 0 Å². The molecule has 0 aromatic carbocycles. The van der Waals surface area contributed by atoms with Crippen LogP contribution in [0.4, 0.5) is 0 Å². The molecule has 1 aliphatic heterocycles. The van der Waals surface area contributed by atoms with Crippen LogP contribution in [0.2, 0.25) is 0 Å². The molecule has 1 heterocycles. The van der Waals surface area contributed by atoms with Crippen molar-refractivity contribution in [1.82, 2.24) is 10.6 Å². The second-order valence-electron chi connectivity index (χ2n) is 1.71. The van der Waals surface area contributed by atoms with Gasteiger partial charge in [-0.25, -0.2) is 0 Å². The fourth-order valence-electron chi connectivity index (χ4n) is 0.629. The highest BCUT2D eigenvalue weighted by Gasteiger charge is 1.96. The Kier molecular flexibility index (Phi) is 1.32. The van der Waals surface area contributed by atoms with Crippen molar-refractivity contribution in [2.45, 2.75) is 0 Å². The van der Waals surface area contributed by atoms with Crippen LogP contribution in [0.15, 0.2) is 12.3 Å². The summed E-state index contributed by atoms with van der Waals surface area (Å²) in [7, 11) is 0. The number of hydrogen-bond donors (Lipinski definition) is 2. The zero-order valence-corrected chi connectivity index (χ0v) is 4.33. The van der Waals surface area contributed by atoms with Crippen LogP contribution in [0.3, 0.4) is 0 Å². The molecule has 0 amide bonds. The third-order valence-electron chi connectivity index (χ3n) is 1.02. The molecule has 0 unspecified atom stereocenters. The van der Waals surface area contributed by atoms with E-state index in [0.29, 0.717) is 0 Å². The van der Waals surface area contributed by atoms with Crippen LogP contribution >= 0.6 is 0 Å². The predicted molar refractivity (Wildman–Crippen MR) is 30.0 cm³/mol. The summed E-state index contributed by atoms with van der Waals surface area (Å²) in [6.07, 6.45) is 0. The van der Waals surface area contributed by atoms with Gasteiger partial charge in [0.05, 0.1) is 0 Å². The summed E-state index contributed by atoms with van der Waals surface area (Å²) in [4.78, 5) is 0. The second-order valence-corrected chi connectivity index (χ2v) is 1.71. The number of nitrogens with one attached hydrogen (secondary N) is 2. The maximum atomic E-state index is 3.74. The summed E-state index contributed by atoms with van der Waals surface area (Å²) >= 11 is 0. The van der Waals surface area contributed by atoms with E-state index in [9.17, 15) is 0 Å². The van der Waals surface area contributed by atoms with Crippen molar-refractivity contribution < 1.29 is 0 Å². The first-order valence-electron chi connectivity index (χ1n) is 2.52. The maximum absolute atomic E-state index is 3.74. The Morgan fingerprint density at radius 2 is 2.29 bits per heavy atom. The van der Waals surface area contributed by atoms with Crippen molar-refractivity contribution in [2.24, 2.45) is 0 Å². The summed E-state index contributed by atoms with van der Waals surface area (Å²) in [6, 6.07) is 0. The minimum atomic E-state index is 0.931. The first-order valence-corrected chi connectivity index (χ1v) is 2.52. The van der Waals surface area contributed by atoms with Gasteiger partial charge in [-0.3, -0.25) is 0 Å². The average Bonchev–Trinajstić information content (AvgIpc) is 1.69. The van der Waals surface area contributed by atoms with E-state index < -0.39 is 0 Å². The van der Waals surface area contributed by atoms with Gasteiger partial charge in [-0.15, -0.1) is 0 Å². The van der Waals surface area contributed by atoms with Gasteiger partial charge in [0.1, 0.15) is 0 Å². The lowest BCUT2D eigenvalue weighted by Gasteiger charge is -2.15. The number of hydrogen-bond acceptors (Lipinski definition) is 2. The van der Waals surface area contributed by atoms with Crippen LogP contribution in [-0.4, -0.2) is 19.6 Å². The van der Waals surface area contributed by atoms with Crippen molar-refractivity contribution in [3.8, 4) is 0 Å². The minimum Gasteiger partial charge on any atom is -0.386 e. The zero-order valence-electron chi connectivity index (χ0n) is 4.33. The Balaban J connectivity index is 2.25. The molecule has 2 heteroatoms. The quantitative estimate of drug-likeness (QED) is 0.434. The first kappa shape index (κ1) is 4.65. The lowest BCUT2D eigenvalue weighted by molar-refractivity contribution is 0.600. The Labute approximate surface area is 43.6 Å². The van der Waals surface area contributed by atoms with E-state index in [0.717, 1.165) is 25.3 Å². The molecule has 1 fully saturated rings. The molecule has 7 heavy (non-hydrogen) atoms. The van der Waals surface area contributed by atoms with Crippen molar-refractivity contribution in [2.75, 3.05) is 19.6 Å². The smallest absolute Gasteiger partial charge is 0.0348 e. The van der Waals surface area contributed by atoms with Gasteiger partial charge in [0.15, 0.2) is 0 Å². The highest BCUT2D eigenvalue weighted by atomic mass is 15.0. The average molecular weight is 98.1 g/mol. The standard InChI is InChI=1S/C5H10N2/c1-5-4-6-2-3-7-5/h6-7H,1-4H2. The van der Waals surface area contributed by atoms with E-state index in [1.807, 2.05) is 0 Å². The van der Waals surface area contributed by atoms with E-state index in [-0.39, 0.29) is 0 Å². The van der Waals surface area contributed by atoms with E-state index in [2.05, 4.69) is 17.2 Å². The van der Waals surface area contributed by atoms with Crippen molar-refractivity contribution >= 4 is 0 Å². The van der Waals surface area contributed by atoms with E-state index >= 15 is 0 Å². The molecule has 40 valence electrons. The Morgan fingerprint density at radius 3 is 2.57 bits per heavy atom. The number of piperazine rings is 1. The summed E-state index contributed by atoms with van der Waals surface area (Å²) in [6.45, 7) is 6.77. The van der Waals surface area contributed by atoms with Crippen LogP contribution < -0.4 is 10.6 Å². The zero-order chi connectivity index (χ0) is 5.11. The van der Waals surface area contributed by atoms with E-state index in [1.54, 1.807) is 0 Å². The van der Waals surface area contributed by atoms with Gasteiger partial charge in [0.25, 0.3) is 0 Å². The van der Waals surface area contributed by atoms with Crippen LogP contribution in [0.1, 0.15) is 0 Å². The van der Waals surface area contributed by atoms with Crippen molar-refractivity contribution in [3.05, 3.63) is 12.3 Å². The van der Waals surface area contributed by atoms with Crippen LogP contribution in [0, 0.1) is 0 Å². The Morgan fingerprint density at radius 1 is 1.43 bits per heavy atom. The van der Waals surface area contributed by atoms with E-state index in [4.69, 9.17) is 0 Å². The molecule has 0 aliphatic carbocycles. The lowest BCUT2D eigenvalue weighted by Crippen LogP contribution is -2.37. The van der Waals surface area contributed by atoms with Gasteiger partial charge in [-0.05, 0) is 0 Å². The second kappa shape index (κ2) is 1.98. The molecule has 0 bridgehead atoms. The van der Waals surface area contributed by atoms with Crippen LogP contribution in [0.5, 0.6) is 0 Å². The van der Waals surface area contributed by atoms with Gasteiger partial charge in [0.2, 0.25) is 0 Å². The topological polar surface area (TPSA) is 24.1 Å². The molecule has 0 radical (unpaired) electrons. The van der Waals surface area contributed by atoms with Crippen LogP contribution in [-0.2, 0) is 0 Å². The molecular formula is C5H10N2. The molecule has 1 aliphatic rings. The Bertz CT molecular complexity index is 70.1. The molecule has 0 spiro atoms. The first-order chi connectivity index (χ1) is 3.39. The largest absolute Gasteiger partial charge is 0.386 e. The van der Waals surface area contributed by atoms with Gasteiger partial charge in [-0.1, -0.05) is 6.58 Å².